The monoisotopic (exact) mass is 252 g/mol. The largest absolute Gasteiger partial charge is 0.497 e. The van der Waals surface area contributed by atoms with Gasteiger partial charge >= 0.3 is 0 Å². The Labute approximate surface area is 109 Å². The molecule has 4 nitrogen and oxygen atoms in total. The average molecular weight is 252 g/mol. The number of nitrogens with two attached hydrogens (primary N) is 1. The number of nitrogens with zero attached hydrogens (tertiary/aromatic N) is 1. The zero-order valence-electron chi connectivity index (χ0n) is 11.5. The van der Waals surface area contributed by atoms with Crippen molar-refractivity contribution in [2.45, 2.75) is 25.9 Å². The van der Waals surface area contributed by atoms with Gasteiger partial charge in [0.2, 0.25) is 0 Å². The van der Waals surface area contributed by atoms with Gasteiger partial charge in [0.1, 0.15) is 5.75 Å². The Morgan fingerprint density at radius 2 is 2.17 bits per heavy atom. The summed E-state index contributed by atoms with van der Waals surface area (Å²) in [5, 5.41) is 9.14. The molecule has 2 atom stereocenters. The van der Waals surface area contributed by atoms with E-state index in [1.807, 2.05) is 25.1 Å². The van der Waals surface area contributed by atoms with Crippen LogP contribution in [0.1, 0.15) is 25.5 Å². The molecule has 18 heavy (non-hydrogen) atoms. The minimum absolute atomic E-state index is 0.0105. The third kappa shape index (κ3) is 3.70. The fourth-order valence-electron chi connectivity index (χ4n) is 2.29. The van der Waals surface area contributed by atoms with Crippen molar-refractivity contribution in [1.29, 1.82) is 0 Å². The highest BCUT2D eigenvalue weighted by Gasteiger charge is 2.22. The number of benzene rings is 1. The Bertz CT molecular complexity index is 355. The normalized spacial score (nSPS) is 14.6. The van der Waals surface area contributed by atoms with E-state index in [0.717, 1.165) is 17.9 Å². The fourth-order valence-corrected chi connectivity index (χ4v) is 2.29. The van der Waals surface area contributed by atoms with Gasteiger partial charge in [-0.2, -0.15) is 0 Å². The molecule has 4 heteroatoms. The Morgan fingerprint density at radius 3 is 2.67 bits per heavy atom. The van der Waals surface area contributed by atoms with Crippen molar-refractivity contribution in [3.63, 3.8) is 0 Å². The second-order valence-corrected chi connectivity index (χ2v) is 4.43. The van der Waals surface area contributed by atoms with E-state index in [1.54, 1.807) is 7.11 Å². The van der Waals surface area contributed by atoms with Crippen LogP contribution in [0, 0.1) is 0 Å². The zero-order valence-corrected chi connectivity index (χ0v) is 11.5. The molecule has 0 saturated heterocycles. The summed E-state index contributed by atoms with van der Waals surface area (Å²) in [7, 11) is 1.66. The molecule has 1 rings (SSSR count). The van der Waals surface area contributed by atoms with Gasteiger partial charge in [0, 0.05) is 18.6 Å². The molecule has 0 radical (unpaired) electrons. The second-order valence-electron chi connectivity index (χ2n) is 4.43. The van der Waals surface area contributed by atoms with Crippen molar-refractivity contribution in [1.82, 2.24) is 4.90 Å². The van der Waals surface area contributed by atoms with Gasteiger partial charge in [-0.15, -0.1) is 0 Å². The predicted octanol–water partition coefficient (Wildman–Crippen LogP) is 1.40. The predicted molar refractivity (Wildman–Crippen MR) is 73.7 cm³/mol. The molecule has 1 aromatic rings. The minimum Gasteiger partial charge on any atom is -0.497 e. The van der Waals surface area contributed by atoms with Crippen molar-refractivity contribution >= 4 is 0 Å². The number of rotatable bonds is 7. The quantitative estimate of drug-likeness (QED) is 0.770. The van der Waals surface area contributed by atoms with Gasteiger partial charge in [0.05, 0.1) is 13.7 Å². The minimum atomic E-state index is -0.0105. The first kappa shape index (κ1) is 15.0. The summed E-state index contributed by atoms with van der Waals surface area (Å²) in [6.45, 7) is 5.68. The highest BCUT2D eigenvalue weighted by molar-refractivity contribution is 5.31. The summed E-state index contributed by atoms with van der Waals surface area (Å²) in [4.78, 5) is 2.18. The van der Waals surface area contributed by atoms with Gasteiger partial charge in [0.15, 0.2) is 0 Å². The lowest BCUT2D eigenvalue weighted by Crippen LogP contribution is -2.40. The van der Waals surface area contributed by atoms with E-state index >= 15 is 0 Å². The molecule has 2 unspecified atom stereocenters. The van der Waals surface area contributed by atoms with Gasteiger partial charge in [-0.25, -0.2) is 0 Å². The fraction of sp³-hybridized carbons (Fsp3) is 0.571. The molecule has 0 heterocycles. The smallest absolute Gasteiger partial charge is 0.119 e. The summed E-state index contributed by atoms with van der Waals surface area (Å²) < 4.78 is 5.25. The molecule has 0 aliphatic carbocycles. The lowest BCUT2D eigenvalue weighted by molar-refractivity contribution is 0.143. The molecule has 0 spiro atoms. The van der Waals surface area contributed by atoms with Crippen LogP contribution in [-0.2, 0) is 0 Å². The number of aliphatic hydroxyl groups is 1. The summed E-state index contributed by atoms with van der Waals surface area (Å²) in [5.41, 5.74) is 7.23. The van der Waals surface area contributed by atoms with Crippen LogP contribution in [0.15, 0.2) is 24.3 Å². The first-order chi connectivity index (χ1) is 8.63. The van der Waals surface area contributed by atoms with Gasteiger partial charge in [0.25, 0.3) is 0 Å². The molecule has 0 fully saturated rings. The van der Waals surface area contributed by atoms with Crippen molar-refractivity contribution < 1.29 is 9.84 Å². The maximum Gasteiger partial charge on any atom is 0.119 e. The van der Waals surface area contributed by atoms with E-state index in [1.165, 1.54) is 0 Å². The Hall–Kier alpha value is -1.10. The van der Waals surface area contributed by atoms with Crippen LogP contribution in [0.25, 0.3) is 0 Å². The average Bonchev–Trinajstić information content (AvgIpc) is 2.38. The summed E-state index contributed by atoms with van der Waals surface area (Å²) >= 11 is 0. The van der Waals surface area contributed by atoms with E-state index in [4.69, 9.17) is 15.6 Å². The Morgan fingerprint density at radius 1 is 1.44 bits per heavy atom. The van der Waals surface area contributed by atoms with Gasteiger partial charge in [-0.05, 0) is 31.2 Å². The molecule has 0 bridgehead atoms. The molecular formula is C14H24N2O2. The number of aliphatic hydroxyl groups excluding tert-OH is 1. The Kier molecular flexibility index (Phi) is 6.12. The number of hydrogen-bond acceptors (Lipinski definition) is 4. The highest BCUT2D eigenvalue weighted by atomic mass is 16.5. The molecule has 3 N–H and O–H groups in total. The lowest BCUT2D eigenvalue weighted by atomic mass is 9.99. The SMILES string of the molecule is CCN(CCO)C(c1cccc(OC)c1)C(C)N. The van der Waals surface area contributed by atoms with E-state index in [-0.39, 0.29) is 18.7 Å². The standard InChI is InChI=1S/C14H24N2O2/c1-4-16(8-9-17)14(11(2)15)12-6-5-7-13(10-12)18-3/h5-7,10-11,14,17H,4,8-9,15H2,1-3H3. The van der Waals surface area contributed by atoms with Gasteiger partial charge < -0.3 is 15.6 Å². The summed E-state index contributed by atoms with van der Waals surface area (Å²) in [6.07, 6.45) is 0. The van der Waals surface area contributed by atoms with Crippen molar-refractivity contribution in [3.8, 4) is 5.75 Å². The zero-order chi connectivity index (χ0) is 13.5. The molecule has 0 amide bonds. The van der Waals surface area contributed by atoms with Crippen LogP contribution in [0.2, 0.25) is 0 Å². The number of ether oxygens (including phenoxy) is 1. The van der Waals surface area contributed by atoms with Crippen LogP contribution in [0.4, 0.5) is 0 Å². The van der Waals surface area contributed by atoms with Crippen LogP contribution < -0.4 is 10.5 Å². The number of methoxy groups -OCH3 is 1. The Balaban J connectivity index is 3.02. The van der Waals surface area contributed by atoms with E-state index < -0.39 is 0 Å². The van der Waals surface area contributed by atoms with E-state index in [0.29, 0.717) is 6.54 Å². The number of hydrogen-bond donors (Lipinski definition) is 2. The van der Waals surface area contributed by atoms with Crippen LogP contribution in [-0.4, -0.2) is 42.9 Å². The molecule has 1 aromatic carbocycles. The van der Waals surface area contributed by atoms with E-state index in [9.17, 15) is 0 Å². The highest BCUT2D eigenvalue weighted by Crippen LogP contribution is 2.26. The second kappa shape index (κ2) is 7.36. The molecule has 0 aromatic heterocycles. The van der Waals surface area contributed by atoms with Crippen LogP contribution in [0.3, 0.4) is 0 Å². The van der Waals surface area contributed by atoms with Crippen LogP contribution >= 0.6 is 0 Å². The lowest BCUT2D eigenvalue weighted by Gasteiger charge is -2.33. The molecule has 0 saturated carbocycles. The van der Waals surface area contributed by atoms with Gasteiger partial charge in [-0.3, -0.25) is 4.90 Å². The molecule has 102 valence electrons. The third-order valence-electron chi connectivity index (χ3n) is 3.12. The van der Waals surface area contributed by atoms with Crippen molar-refractivity contribution in [3.05, 3.63) is 29.8 Å². The maximum absolute atomic E-state index is 9.14. The first-order valence-electron chi connectivity index (χ1n) is 6.38. The summed E-state index contributed by atoms with van der Waals surface area (Å²) in [5.74, 6) is 0.832. The van der Waals surface area contributed by atoms with Crippen molar-refractivity contribution in [2.24, 2.45) is 5.73 Å². The topological polar surface area (TPSA) is 58.7 Å². The first-order valence-corrected chi connectivity index (χ1v) is 6.38. The van der Waals surface area contributed by atoms with E-state index in [2.05, 4.69) is 17.9 Å². The molecule has 0 aliphatic rings. The molecule has 0 aliphatic heterocycles. The number of likely N-dealkylation sites (N-methyl/N-ethyl adjacent to an activating group) is 1. The maximum atomic E-state index is 9.14. The van der Waals surface area contributed by atoms with Gasteiger partial charge in [-0.1, -0.05) is 19.1 Å². The van der Waals surface area contributed by atoms with Crippen molar-refractivity contribution in [2.75, 3.05) is 26.8 Å². The summed E-state index contributed by atoms with van der Waals surface area (Å²) in [6, 6.07) is 8.03. The third-order valence-corrected chi connectivity index (χ3v) is 3.12. The molecular weight excluding hydrogens is 228 g/mol. The van der Waals surface area contributed by atoms with Crippen LogP contribution in [0.5, 0.6) is 5.75 Å².